The van der Waals surface area contributed by atoms with Gasteiger partial charge in [0.2, 0.25) is 0 Å². The number of halogens is 2. The Hall–Kier alpha value is -3.19. The van der Waals surface area contributed by atoms with E-state index in [0.29, 0.717) is 59.1 Å². The summed E-state index contributed by atoms with van der Waals surface area (Å²) in [4.78, 5) is 9.32. The number of fused-ring (bicyclic) bond motifs is 1. The second-order valence-electron chi connectivity index (χ2n) is 9.85. The summed E-state index contributed by atoms with van der Waals surface area (Å²) < 4.78 is 35.6. The molecule has 5 rings (SSSR count). The average Bonchev–Trinajstić information content (AvgIpc) is 2.92. The molecule has 2 heterocycles. The molecule has 2 aromatic carbocycles. The van der Waals surface area contributed by atoms with Gasteiger partial charge in [-0.25, -0.2) is 13.8 Å². The molecule has 2 aliphatic rings. The molecule has 0 bridgehead atoms. The van der Waals surface area contributed by atoms with Crippen molar-refractivity contribution in [2.75, 3.05) is 13.2 Å². The fourth-order valence-electron chi connectivity index (χ4n) is 5.26. The first-order chi connectivity index (χ1) is 17.6. The number of ether oxygens (including phenoxy) is 1. The van der Waals surface area contributed by atoms with Gasteiger partial charge in [-0.1, -0.05) is 31.4 Å². The van der Waals surface area contributed by atoms with Gasteiger partial charge in [0.05, 0.1) is 22.9 Å². The van der Waals surface area contributed by atoms with Gasteiger partial charge < -0.3 is 15.5 Å². The SMILES string of the molecule is N=C/C(=C\NC1CCCCC1)c1cnc2cccc(-c3cc(F)c(CC4CCOCC4)c(F)c3)c2n1. The van der Waals surface area contributed by atoms with Gasteiger partial charge in [-0.3, -0.25) is 4.98 Å². The molecule has 2 N–H and O–H groups in total. The molecule has 2 fully saturated rings. The number of hydrogen-bond acceptors (Lipinski definition) is 5. The summed E-state index contributed by atoms with van der Waals surface area (Å²) >= 11 is 0. The lowest BCUT2D eigenvalue weighted by Crippen LogP contribution is -2.26. The van der Waals surface area contributed by atoms with Gasteiger partial charge in [-0.15, -0.1) is 0 Å². The van der Waals surface area contributed by atoms with E-state index in [0.717, 1.165) is 25.7 Å². The topological polar surface area (TPSA) is 70.9 Å². The highest BCUT2D eigenvalue weighted by molar-refractivity contribution is 6.08. The van der Waals surface area contributed by atoms with Crippen molar-refractivity contribution in [3.05, 3.63) is 65.6 Å². The molecule has 0 amide bonds. The Balaban J connectivity index is 1.46. The van der Waals surface area contributed by atoms with Crippen molar-refractivity contribution in [1.82, 2.24) is 15.3 Å². The summed E-state index contributed by atoms with van der Waals surface area (Å²) in [5.41, 5.74) is 3.53. The van der Waals surface area contributed by atoms with Crippen molar-refractivity contribution < 1.29 is 13.5 Å². The predicted molar refractivity (Wildman–Crippen MR) is 139 cm³/mol. The molecule has 0 unspecified atom stereocenters. The third-order valence-electron chi connectivity index (χ3n) is 7.39. The Morgan fingerprint density at radius 3 is 2.53 bits per heavy atom. The van der Waals surface area contributed by atoms with E-state index in [4.69, 9.17) is 15.1 Å². The first-order valence-electron chi connectivity index (χ1n) is 12.9. The van der Waals surface area contributed by atoms with Crippen LogP contribution in [0.4, 0.5) is 8.78 Å². The molecule has 0 spiro atoms. The molecule has 1 aliphatic heterocycles. The summed E-state index contributed by atoms with van der Waals surface area (Å²) in [6.45, 7) is 1.29. The van der Waals surface area contributed by atoms with Crippen LogP contribution < -0.4 is 5.32 Å². The fourth-order valence-corrected chi connectivity index (χ4v) is 5.26. The highest BCUT2D eigenvalue weighted by atomic mass is 19.1. The van der Waals surface area contributed by atoms with E-state index in [9.17, 15) is 0 Å². The second-order valence-corrected chi connectivity index (χ2v) is 9.85. The van der Waals surface area contributed by atoms with Gasteiger partial charge in [0.15, 0.2) is 0 Å². The fraction of sp³-hybridized carbons (Fsp3) is 0.414. The minimum absolute atomic E-state index is 0.139. The predicted octanol–water partition coefficient (Wildman–Crippen LogP) is 6.46. The molecule has 0 atom stereocenters. The Labute approximate surface area is 210 Å². The van der Waals surface area contributed by atoms with Crippen LogP contribution in [-0.4, -0.2) is 35.4 Å². The van der Waals surface area contributed by atoms with E-state index >= 15 is 8.78 Å². The van der Waals surface area contributed by atoms with Crippen molar-refractivity contribution in [3.8, 4) is 11.1 Å². The minimum Gasteiger partial charge on any atom is -0.388 e. The van der Waals surface area contributed by atoms with Crippen LogP contribution in [-0.2, 0) is 11.2 Å². The smallest absolute Gasteiger partial charge is 0.129 e. The molecule has 7 heteroatoms. The largest absolute Gasteiger partial charge is 0.388 e. The number of para-hydroxylation sites is 1. The van der Waals surface area contributed by atoms with Crippen LogP contribution in [0.5, 0.6) is 0 Å². The lowest BCUT2D eigenvalue weighted by molar-refractivity contribution is 0.0660. The van der Waals surface area contributed by atoms with E-state index in [1.165, 1.54) is 37.6 Å². The lowest BCUT2D eigenvalue weighted by atomic mass is 9.90. The normalized spacial score (nSPS) is 17.9. The number of nitrogens with one attached hydrogen (secondary N) is 2. The number of aromatic nitrogens is 2. The van der Waals surface area contributed by atoms with Gasteiger partial charge >= 0.3 is 0 Å². The Morgan fingerprint density at radius 2 is 1.81 bits per heavy atom. The Bertz CT molecular complexity index is 1240. The zero-order valence-corrected chi connectivity index (χ0v) is 20.4. The Morgan fingerprint density at radius 1 is 1.06 bits per heavy atom. The molecule has 188 valence electrons. The van der Waals surface area contributed by atoms with E-state index in [1.54, 1.807) is 12.3 Å². The van der Waals surface area contributed by atoms with Crippen LogP contribution in [0.3, 0.4) is 0 Å². The number of hydrogen-bond donors (Lipinski definition) is 2. The number of rotatable bonds is 7. The number of benzene rings is 2. The lowest BCUT2D eigenvalue weighted by Gasteiger charge is -2.22. The zero-order valence-electron chi connectivity index (χ0n) is 20.4. The summed E-state index contributed by atoms with van der Waals surface area (Å²) in [6.07, 6.45) is 12.7. The van der Waals surface area contributed by atoms with Crippen LogP contribution in [0.15, 0.2) is 42.7 Å². The maximum atomic E-state index is 15.1. The van der Waals surface area contributed by atoms with Crippen molar-refractivity contribution in [1.29, 1.82) is 5.41 Å². The monoisotopic (exact) mass is 490 g/mol. The van der Waals surface area contributed by atoms with Gasteiger partial charge in [0, 0.05) is 48.4 Å². The van der Waals surface area contributed by atoms with Crippen LogP contribution in [0, 0.1) is 23.0 Å². The van der Waals surface area contributed by atoms with Crippen molar-refractivity contribution in [2.24, 2.45) is 5.92 Å². The van der Waals surface area contributed by atoms with E-state index in [-0.39, 0.29) is 11.5 Å². The molecule has 36 heavy (non-hydrogen) atoms. The molecule has 5 nitrogen and oxygen atoms in total. The van der Waals surface area contributed by atoms with Gasteiger partial charge in [0.25, 0.3) is 0 Å². The third-order valence-corrected chi connectivity index (χ3v) is 7.39. The standard InChI is InChI=1S/C29H32F2N4O/c30-25-14-20(15-26(31)24(25)13-19-9-11-36-12-10-19)23-7-4-8-27-29(23)35-28(18-34-27)21(16-32)17-33-22-5-2-1-3-6-22/h4,7-8,14-19,22,32-33H,1-3,5-6,9-13H2/b21-17+,32-16?. The molecule has 3 aromatic rings. The quantitative estimate of drug-likeness (QED) is 0.373. The Kier molecular flexibility index (Phi) is 7.66. The molecule has 0 radical (unpaired) electrons. The highest BCUT2D eigenvalue weighted by Crippen LogP contribution is 2.32. The first kappa shape index (κ1) is 24.5. The number of allylic oxidation sites excluding steroid dienone is 1. The summed E-state index contributed by atoms with van der Waals surface area (Å²) in [6, 6.07) is 8.66. The number of nitrogens with zero attached hydrogens (tertiary/aromatic N) is 2. The zero-order chi connectivity index (χ0) is 24.9. The molecular weight excluding hydrogens is 458 g/mol. The second kappa shape index (κ2) is 11.2. The van der Waals surface area contributed by atoms with Crippen LogP contribution in [0.2, 0.25) is 0 Å². The maximum absolute atomic E-state index is 15.1. The van der Waals surface area contributed by atoms with Crippen molar-refractivity contribution in [3.63, 3.8) is 0 Å². The van der Waals surface area contributed by atoms with E-state index in [2.05, 4.69) is 10.3 Å². The van der Waals surface area contributed by atoms with Gasteiger partial charge in [-0.2, -0.15) is 0 Å². The molecule has 1 saturated carbocycles. The van der Waals surface area contributed by atoms with Crippen LogP contribution >= 0.6 is 0 Å². The third kappa shape index (κ3) is 5.46. The van der Waals surface area contributed by atoms with E-state index < -0.39 is 11.6 Å². The summed E-state index contributed by atoms with van der Waals surface area (Å²) in [5.74, 6) is -0.836. The summed E-state index contributed by atoms with van der Waals surface area (Å²) in [7, 11) is 0. The average molecular weight is 491 g/mol. The molecule has 1 aliphatic carbocycles. The van der Waals surface area contributed by atoms with Crippen molar-refractivity contribution in [2.45, 2.75) is 57.4 Å². The minimum atomic E-state index is -0.533. The first-order valence-corrected chi connectivity index (χ1v) is 12.9. The molecular formula is C29H32F2N4O. The van der Waals surface area contributed by atoms with Gasteiger partial charge in [0.1, 0.15) is 11.6 Å². The van der Waals surface area contributed by atoms with Gasteiger partial charge in [-0.05, 0) is 61.8 Å². The maximum Gasteiger partial charge on any atom is 0.129 e. The van der Waals surface area contributed by atoms with Crippen molar-refractivity contribution >= 4 is 22.8 Å². The summed E-state index contributed by atoms with van der Waals surface area (Å²) in [5, 5.41) is 11.3. The highest BCUT2D eigenvalue weighted by Gasteiger charge is 2.21. The molecule has 1 aromatic heterocycles. The molecule has 1 saturated heterocycles. The van der Waals surface area contributed by atoms with Crippen LogP contribution in [0.25, 0.3) is 27.7 Å². The van der Waals surface area contributed by atoms with Crippen LogP contribution in [0.1, 0.15) is 56.2 Å². The van der Waals surface area contributed by atoms with E-state index in [1.807, 2.05) is 18.3 Å².